The molecule has 0 aliphatic carbocycles. The summed E-state index contributed by atoms with van der Waals surface area (Å²) < 4.78 is 0. The first-order valence-corrected chi connectivity index (χ1v) is 9.90. The number of carbonyl (C=O) groups excluding carboxylic acids is 2. The van der Waals surface area contributed by atoms with Gasteiger partial charge >= 0.3 is 0 Å². The van der Waals surface area contributed by atoms with Crippen molar-refractivity contribution in [2.45, 2.75) is 78.2 Å². The Kier molecular flexibility index (Phi) is 10.7. The molecule has 0 radical (unpaired) electrons. The highest BCUT2D eigenvalue weighted by molar-refractivity contribution is 5.78. The second-order valence-corrected chi connectivity index (χ2v) is 6.85. The Bertz CT molecular complexity index is 362. The lowest BCUT2D eigenvalue weighted by atomic mass is 10.0. The molecule has 2 amide bonds. The molecule has 1 N–H and O–H groups in total. The van der Waals surface area contributed by atoms with E-state index in [1.54, 1.807) is 0 Å². The van der Waals surface area contributed by atoms with E-state index in [2.05, 4.69) is 17.1 Å². The van der Waals surface area contributed by atoms with Crippen LogP contribution in [-0.2, 0) is 9.59 Å². The van der Waals surface area contributed by atoms with Crippen molar-refractivity contribution in [2.75, 3.05) is 32.7 Å². The van der Waals surface area contributed by atoms with E-state index in [9.17, 15) is 9.59 Å². The van der Waals surface area contributed by atoms with Crippen molar-refractivity contribution in [3.05, 3.63) is 0 Å². The lowest BCUT2D eigenvalue weighted by Crippen LogP contribution is -2.48. The zero-order chi connectivity index (χ0) is 17.8. The van der Waals surface area contributed by atoms with Gasteiger partial charge in [0.15, 0.2) is 0 Å². The first-order chi connectivity index (χ1) is 11.6. The minimum absolute atomic E-state index is 0.198. The number of carbonyl (C=O) groups is 2. The molecule has 0 aromatic rings. The van der Waals surface area contributed by atoms with Crippen LogP contribution in [0.15, 0.2) is 0 Å². The summed E-state index contributed by atoms with van der Waals surface area (Å²) in [5.74, 6) is 0.415. The van der Waals surface area contributed by atoms with Crippen LogP contribution in [0.5, 0.6) is 0 Å². The molecule has 0 bridgehead atoms. The fourth-order valence-electron chi connectivity index (χ4n) is 3.29. The SMILES string of the molecule is CCCCCCCC(=O)NC1CCN(CC(=O)N(CC)CC)CC1. The topological polar surface area (TPSA) is 52.7 Å². The Hall–Kier alpha value is -1.10. The maximum absolute atomic E-state index is 12.1. The minimum Gasteiger partial charge on any atom is -0.353 e. The summed E-state index contributed by atoms with van der Waals surface area (Å²) in [6, 6.07) is 0.285. The van der Waals surface area contributed by atoms with Crippen molar-refractivity contribution in [1.29, 1.82) is 0 Å². The van der Waals surface area contributed by atoms with Crippen LogP contribution in [0.1, 0.15) is 72.1 Å². The summed E-state index contributed by atoms with van der Waals surface area (Å²) in [6.07, 6.45) is 8.47. The normalized spacial score (nSPS) is 16.1. The van der Waals surface area contributed by atoms with Gasteiger partial charge in [0.1, 0.15) is 0 Å². The first kappa shape index (κ1) is 20.9. The Morgan fingerprint density at radius 3 is 2.21 bits per heavy atom. The summed E-state index contributed by atoms with van der Waals surface area (Å²) in [5, 5.41) is 3.17. The Balaban J connectivity index is 2.16. The van der Waals surface area contributed by atoms with Crippen molar-refractivity contribution in [1.82, 2.24) is 15.1 Å². The van der Waals surface area contributed by atoms with E-state index in [-0.39, 0.29) is 17.9 Å². The lowest BCUT2D eigenvalue weighted by Gasteiger charge is -2.33. The molecular weight excluding hydrogens is 302 g/mol. The van der Waals surface area contributed by atoms with Crippen LogP contribution in [-0.4, -0.2) is 60.4 Å². The fourth-order valence-corrected chi connectivity index (χ4v) is 3.29. The number of nitrogens with one attached hydrogen (secondary N) is 1. The number of likely N-dealkylation sites (N-methyl/N-ethyl adjacent to an activating group) is 1. The molecule has 1 fully saturated rings. The number of hydrogen-bond acceptors (Lipinski definition) is 3. The van der Waals surface area contributed by atoms with Gasteiger partial charge in [0.2, 0.25) is 11.8 Å². The standard InChI is InChI=1S/C19H37N3O2/c1-4-7-8-9-10-11-18(23)20-17-12-14-21(15-13-17)16-19(24)22(5-2)6-3/h17H,4-16H2,1-3H3,(H,20,23). The smallest absolute Gasteiger partial charge is 0.236 e. The second-order valence-electron chi connectivity index (χ2n) is 6.85. The summed E-state index contributed by atoms with van der Waals surface area (Å²) >= 11 is 0. The number of amides is 2. The molecule has 0 spiro atoms. The Morgan fingerprint density at radius 1 is 1.00 bits per heavy atom. The number of nitrogens with zero attached hydrogens (tertiary/aromatic N) is 2. The third kappa shape index (κ3) is 8.13. The van der Waals surface area contributed by atoms with Gasteiger partial charge in [-0.05, 0) is 33.1 Å². The molecule has 0 aromatic carbocycles. The molecule has 1 aliphatic heterocycles. The van der Waals surface area contributed by atoms with E-state index in [1.807, 2.05) is 18.7 Å². The second kappa shape index (κ2) is 12.3. The quantitative estimate of drug-likeness (QED) is 0.589. The maximum atomic E-state index is 12.1. The van der Waals surface area contributed by atoms with E-state index < -0.39 is 0 Å². The lowest BCUT2D eigenvalue weighted by molar-refractivity contribution is -0.132. The summed E-state index contributed by atoms with van der Waals surface area (Å²) in [5.41, 5.74) is 0. The van der Waals surface area contributed by atoms with Crippen LogP contribution < -0.4 is 5.32 Å². The van der Waals surface area contributed by atoms with Crippen molar-refractivity contribution >= 4 is 11.8 Å². The molecule has 0 saturated carbocycles. The number of unbranched alkanes of at least 4 members (excludes halogenated alkanes) is 4. The summed E-state index contributed by atoms with van der Waals surface area (Å²) in [6.45, 7) is 10.1. The van der Waals surface area contributed by atoms with E-state index in [0.717, 1.165) is 51.9 Å². The summed E-state index contributed by atoms with van der Waals surface area (Å²) in [4.78, 5) is 28.2. The zero-order valence-corrected chi connectivity index (χ0v) is 16.0. The third-order valence-corrected chi connectivity index (χ3v) is 4.94. The predicted molar refractivity (Wildman–Crippen MR) is 98.9 cm³/mol. The van der Waals surface area contributed by atoms with Crippen LogP contribution in [0.2, 0.25) is 0 Å². The van der Waals surface area contributed by atoms with Crippen LogP contribution >= 0.6 is 0 Å². The van der Waals surface area contributed by atoms with Gasteiger partial charge in [-0.1, -0.05) is 32.6 Å². The number of likely N-dealkylation sites (tertiary alicyclic amines) is 1. The predicted octanol–water partition coefficient (Wildman–Crippen LogP) is 2.80. The number of piperidine rings is 1. The molecular formula is C19H37N3O2. The molecule has 1 aliphatic rings. The molecule has 0 aromatic heterocycles. The summed E-state index contributed by atoms with van der Waals surface area (Å²) in [7, 11) is 0. The largest absolute Gasteiger partial charge is 0.353 e. The highest BCUT2D eigenvalue weighted by atomic mass is 16.2. The molecule has 140 valence electrons. The van der Waals surface area contributed by atoms with Crippen molar-refractivity contribution in [2.24, 2.45) is 0 Å². The molecule has 1 rings (SSSR count). The van der Waals surface area contributed by atoms with Crippen LogP contribution in [0.3, 0.4) is 0 Å². The zero-order valence-electron chi connectivity index (χ0n) is 16.0. The van der Waals surface area contributed by atoms with Gasteiger partial charge in [-0.25, -0.2) is 0 Å². The molecule has 5 nitrogen and oxygen atoms in total. The van der Waals surface area contributed by atoms with E-state index in [1.165, 1.54) is 19.3 Å². The molecule has 0 atom stereocenters. The van der Waals surface area contributed by atoms with Crippen molar-refractivity contribution in [3.8, 4) is 0 Å². The van der Waals surface area contributed by atoms with Gasteiger partial charge in [0, 0.05) is 38.6 Å². The van der Waals surface area contributed by atoms with E-state index in [0.29, 0.717) is 13.0 Å². The average Bonchev–Trinajstić information content (AvgIpc) is 2.57. The first-order valence-electron chi connectivity index (χ1n) is 9.90. The van der Waals surface area contributed by atoms with E-state index >= 15 is 0 Å². The van der Waals surface area contributed by atoms with Gasteiger partial charge in [-0.3, -0.25) is 14.5 Å². The highest BCUT2D eigenvalue weighted by Crippen LogP contribution is 2.12. The minimum atomic E-state index is 0.198. The Labute approximate surface area is 148 Å². The van der Waals surface area contributed by atoms with Crippen LogP contribution in [0.25, 0.3) is 0 Å². The molecule has 1 heterocycles. The number of rotatable bonds is 11. The van der Waals surface area contributed by atoms with Crippen molar-refractivity contribution < 1.29 is 9.59 Å². The van der Waals surface area contributed by atoms with Gasteiger partial charge in [-0.15, -0.1) is 0 Å². The fraction of sp³-hybridized carbons (Fsp3) is 0.895. The maximum Gasteiger partial charge on any atom is 0.236 e. The van der Waals surface area contributed by atoms with Gasteiger partial charge in [-0.2, -0.15) is 0 Å². The van der Waals surface area contributed by atoms with Gasteiger partial charge in [0.05, 0.1) is 6.54 Å². The van der Waals surface area contributed by atoms with Crippen LogP contribution in [0.4, 0.5) is 0 Å². The average molecular weight is 340 g/mol. The highest BCUT2D eigenvalue weighted by Gasteiger charge is 2.23. The Morgan fingerprint density at radius 2 is 1.62 bits per heavy atom. The van der Waals surface area contributed by atoms with Crippen molar-refractivity contribution in [3.63, 3.8) is 0 Å². The van der Waals surface area contributed by atoms with Crippen LogP contribution in [0, 0.1) is 0 Å². The van der Waals surface area contributed by atoms with Gasteiger partial charge in [0.25, 0.3) is 0 Å². The van der Waals surface area contributed by atoms with E-state index in [4.69, 9.17) is 0 Å². The molecule has 0 unspecified atom stereocenters. The van der Waals surface area contributed by atoms with Gasteiger partial charge < -0.3 is 10.2 Å². The molecule has 1 saturated heterocycles. The molecule has 5 heteroatoms. The molecule has 24 heavy (non-hydrogen) atoms. The third-order valence-electron chi connectivity index (χ3n) is 4.94. The monoisotopic (exact) mass is 339 g/mol. The number of hydrogen-bond donors (Lipinski definition) is 1.